The second-order valence-electron chi connectivity index (χ2n) is 9.57. The molecule has 0 unspecified atom stereocenters. The number of amides is 1. The van der Waals surface area contributed by atoms with Gasteiger partial charge in [0.1, 0.15) is 5.82 Å². The second kappa shape index (κ2) is 9.65. The first-order valence-corrected chi connectivity index (χ1v) is 12.6. The number of hydrogen-bond donors (Lipinski definition) is 1. The van der Waals surface area contributed by atoms with E-state index in [-0.39, 0.29) is 16.2 Å². The number of carbonyl (C=O) groups excluding carboxylic acids is 1. The molecule has 0 saturated carbocycles. The van der Waals surface area contributed by atoms with Gasteiger partial charge in [-0.15, -0.1) is 0 Å². The summed E-state index contributed by atoms with van der Waals surface area (Å²) in [5.41, 5.74) is 4.06. The van der Waals surface area contributed by atoms with Crippen LogP contribution in [0.4, 0.5) is 0 Å². The molecule has 2 aromatic carbocycles. The van der Waals surface area contributed by atoms with Crippen LogP contribution >= 0.6 is 0 Å². The van der Waals surface area contributed by atoms with Crippen molar-refractivity contribution in [1.82, 2.24) is 19.2 Å². The van der Waals surface area contributed by atoms with Gasteiger partial charge in [-0.05, 0) is 41.2 Å². The SMILES string of the molecule is CN(C)S(=O)(=O)c1ccc2c(c1)nc(CCC(=O)NCCc1ccc(C(C)(C)C)cc1)n2C. The smallest absolute Gasteiger partial charge is 0.242 e. The normalized spacial score (nSPS) is 12.5. The number of benzene rings is 2. The van der Waals surface area contributed by atoms with Crippen LogP contribution < -0.4 is 5.32 Å². The first-order valence-electron chi connectivity index (χ1n) is 11.1. The zero-order valence-electron chi connectivity index (χ0n) is 20.3. The van der Waals surface area contributed by atoms with Gasteiger partial charge in [-0.25, -0.2) is 17.7 Å². The Balaban J connectivity index is 1.56. The molecular weight excluding hydrogens is 436 g/mol. The van der Waals surface area contributed by atoms with Crippen LogP contribution in [-0.4, -0.2) is 48.8 Å². The van der Waals surface area contributed by atoms with Crippen LogP contribution in [0.25, 0.3) is 11.0 Å². The highest BCUT2D eigenvalue weighted by Gasteiger charge is 2.19. The number of imidazole rings is 1. The number of rotatable bonds is 8. The monoisotopic (exact) mass is 470 g/mol. The van der Waals surface area contributed by atoms with E-state index < -0.39 is 10.0 Å². The molecule has 0 radical (unpaired) electrons. The summed E-state index contributed by atoms with van der Waals surface area (Å²) in [6.07, 6.45) is 1.58. The van der Waals surface area contributed by atoms with E-state index in [1.165, 1.54) is 29.5 Å². The molecule has 1 aromatic heterocycles. The molecule has 1 heterocycles. The predicted molar refractivity (Wildman–Crippen MR) is 132 cm³/mol. The molecule has 0 aliphatic carbocycles. The van der Waals surface area contributed by atoms with Crippen LogP contribution in [-0.2, 0) is 40.1 Å². The minimum atomic E-state index is -3.52. The van der Waals surface area contributed by atoms with Crippen LogP contribution in [0.2, 0.25) is 0 Å². The van der Waals surface area contributed by atoms with Gasteiger partial charge in [0.05, 0.1) is 15.9 Å². The van der Waals surface area contributed by atoms with E-state index in [0.717, 1.165) is 17.8 Å². The Morgan fingerprint density at radius 1 is 1.06 bits per heavy atom. The summed E-state index contributed by atoms with van der Waals surface area (Å²) in [6, 6.07) is 13.5. The standard InChI is InChI=1S/C25H34N4O3S/c1-25(2,3)19-9-7-18(8-10-19)15-16-26-24(30)14-13-23-27-21-17-20(33(31,32)28(4)5)11-12-22(21)29(23)6/h7-12,17H,13-16H2,1-6H3,(H,26,30). The first-order chi connectivity index (χ1) is 15.4. The fourth-order valence-electron chi connectivity index (χ4n) is 3.66. The molecule has 178 valence electrons. The highest BCUT2D eigenvalue weighted by atomic mass is 32.2. The van der Waals surface area contributed by atoms with Crippen LogP contribution in [0.3, 0.4) is 0 Å². The van der Waals surface area contributed by atoms with E-state index in [9.17, 15) is 13.2 Å². The lowest BCUT2D eigenvalue weighted by Crippen LogP contribution is -2.26. The molecular formula is C25H34N4O3S. The molecule has 0 saturated heterocycles. The van der Waals surface area contributed by atoms with Gasteiger partial charge in [0.15, 0.2) is 0 Å². The second-order valence-corrected chi connectivity index (χ2v) is 11.7. The van der Waals surface area contributed by atoms with Crippen molar-refractivity contribution in [3.63, 3.8) is 0 Å². The minimum Gasteiger partial charge on any atom is -0.356 e. The quantitative estimate of drug-likeness (QED) is 0.547. The number of nitrogens with zero attached hydrogens (tertiary/aromatic N) is 3. The highest BCUT2D eigenvalue weighted by molar-refractivity contribution is 7.89. The Labute approximate surface area is 196 Å². The average Bonchev–Trinajstić information content (AvgIpc) is 3.07. The van der Waals surface area contributed by atoms with E-state index in [1.54, 1.807) is 18.2 Å². The van der Waals surface area contributed by atoms with Crippen LogP contribution in [0.1, 0.15) is 44.1 Å². The Morgan fingerprint density at radius 3 is 2.33 bits per heavy atom. The Hall–Kier alpha value is -2.71. The van der Waals surface area contributed by atoms with Gasteiger partial charge in [-0.2, -0.15) is 0 Å². The third kappa shape index (κ3) is 5.81. The van der Waals surface area contributed by atoms with Crippen LogP contribution in [0, 0.1) is 0 Å². The van der Waals surface area contributed by atoms with Gasteiger partial charge in [-0.3, -0.25) is 4.79 Å². The van der Waals surface area contributed by atoms with Crippen molar-refractivity contribution >= 4 is 27.0 Å². The topological polar surface area (TPSA) is 84.3 Å². The van der Waals surface area contributed by atoms with E-state index in [0.29, 0.717) is 24.9 Å². The van der Waals surface area contributed by atoms with Crippen molar-refractivity contribution in [3.8, 4) is 0 Å². The minimum absolute atomic E-state index is 0.0238. The van der Waals surface area contributed by atoms with E-state index in [2.05, 4.69) is 55.3 Å². The molecule has 3 aromatic rings. The molecule has 0 fully saturated rings. The molecule has 3 rings (SSSR count). The fraction of sp³-hybridized carbons (Fsp3) is 0.440. The number of aryl methyl sites for hydroxylation is 2. The number of carbonyl (C=O) groups is 1. The maximum Gasteiger partial charge on any atom is 0.242 e. The van der Waals surface area contributed by atoms with Gasteiger partial charge in [0, 0.05) is 40.5 Å². The summed E-state index contributed by atoms with van der Waals surface area (Å²) < 4.78 is 27.9. The Bertz CT molecular complexity index is 1240. The van der Waals surface area contributed by atoms with Crippen molar-refractivity contribution < 1.29 is 13.2 Å². The van der Waals surface area contributed by atoms with Crippen LogP contribution in [0.5, 0.6) is 0 Å². The van der Waals surface area contributed by atoms with Crippen molar-refractivity contribution in [1.29, 1.82) is 0 Å². The molecule has 7 nitrogen and oxygen atoms in total. The molecule has 0 aliphatic heterocycles. The van der Waals surface area contributed by atoms with Gasteiger partial charge < -0.3 is 9.88 Å². The third-order valence-corrected chi connectivity index (χ3v) is 7.67. The highest BCUT2D eigenvalue weighted by Crippen LogP contribution is 2.23. The summed E-state index contributed by atoms with van der Waals surface area (Å²) in [7, 11) is 1.36. The molecule has 0 spiro atoms. The van der Waals surface area contributed by atoms with E-state index >= 15 is 0 Å². The van der Waals surface area contributed by atoms with Gasteiger partial charge in [0.25, 0.3) is 0 Å². The van der Waals surface area contributed by atoms with Gasteiger partial charge >= 0.3 is 0 Å². The molecule has 0 aliphatic rings. The van der Waals surface area contributed by atoms with Gasteiger partial charge in [0.2, 0.25) is 15.9 Å². The zero-order valence-corrected chi connectivity index (χ0v) is 21.2. The number of nitrogens with one attached hydrogen (secondary N) is 1. The van der Waals surface area contributed by atoms with Crippen molar-refractivity contribution in [2.24, 2.45) is 7.05 Å². The fourth-order valence-corrected chi connectivity index (χ4v) is 4.58. The molecule has 1 N–H and O–H groups in total. The van der Waals surface area contributed by atoms with Crippen molar-refractivity contribution in [3.05, 3.63) is 59.4 Å². The number of sulfonamides is 1. The van der Waals surface area contributed by atoms with E-state index in [4.69, 9.17) is 0 Å². The predicted octanol–water partition coefficient (Wildman–Crippen LogP) is 3.41. The summed E-state index contributed by atoms with van der Waals surface area (Å²) in [5.74, 6) is 0.724. The maximum absolute atomic E-state index is 12.4. The largest absolute Gasteiger partial charge is 0.356 e. The number of fused-ring (bicyclic) bond motifs is 1. The summed E-state index contributed by atoms with van der Waals surface area (Å²) in [4.78, 5) is 17.1. The number of hydrogen-bond acceptors (Lipinski definition) is 4. The third-order valence-electron chi connectivity index (χ3n) is 5.85. The zero-order chi connectivity index (χ0) is 24.4. The lowest BCUT2D eigenvalue weighted by molar-refractivity contribution is -0.121. The van der Waals surface area contributed by atoms with E-state index in [1.807, 2.05) is 11.6 Å². The maximum atomic E-state index is 12.4. The van der Waals surface area contributed by atoms with Crippen molar-refractivity contribution in [2.75, 3.05) is 20.6 Å². The first kappa shape index (κ1) is 24.9. The lowest BCUT2D eigenvalue weighted by atomic mass is 9.86. The summed E-state index contributed by atoms with van der Waals surface area (Å²) in [5, 5.41) is 2.98. The molecule has 0 atom stereocenters. The average molecular weight is 471 g/mol. The molecule has 1 amide bonds. The lowest BCUT2D eigenvalue weighted by Gasteiger charge is -2.19. The Morgan fingerprint density at radius 2 is 1.73 bits per heavy atom. The van der Waals surface area contributed by atoms with Gasteiger partial charge in [-0.1, -0.05) is 45.0 Å². The summed E-state index contributed by atoms with van der Waals surface area (Å²) >= 11 is 0. The summed E-state index contributed by atoms with van der Waals surface area (Å²) in [6.45, 7) is 7.16. The number of aromatic nitrogens is 2. The molecule has 8 heteroatoms. The Kier molecular flexibility index (Phi) is 7.29. The van der Waals surface area contributed by atoms with Crippen molar-refractivity contribution in [2.45, 2.75) is 50.3 Å². The van der Waals surface area contributed by atoms with Crippen LogP contribution in [0.15, 0.2) is 47.4 Å². The molecule has 33 heavy (non-hydrogen) atoms. The molecule has 0 bridgehead atoms.